The van der Waals surface area contributed by atoms with E-state index in [1.807, 2.05) is 48.5 Å². The molecule has 0 spiro atoms. The molecule has 0 atom stereocenters. The van der Waals surface area contributed by atoms with Gasteiger partial charge >= 0.3 is 5.97 Å². The van der Waals surface area contributed by atoms with Crippen molar-refractivity contribution < 1.29 is 14.3 Å². The predicted octanol–water partition coefficient (Wildman–Crippen LogP) is 3.42. The quantitative estimate of drug-likeness (QED) is 0.629. The van der Waals surface area contributed by atoms with E-state index in [0.29, 0.717) is 18.6 Å². The van der Waals surface area contributed by atoms with Gasteiger partial charge in [0.05, 0.1) is 6.61 Å². The lowest BCUT2D eigenvalue weighted by Crippen LogP contribution is -2.04. The van der Waals surface area contributed by atoms with Gasteiger partial charge in [0.15, 0.2) is 5.78 Å². The number of esters is 1. The van der Waals surface area contributed by atoms with E-state index in [0.717, 1.165) is 22.3 Å². The number of hydrogen-bond donors (Lipinski definition) is 0. The molecule has 0 aromatic heterocycles. The third-order valence-corrected chi connectivity index (χ3v) is 3.72. The second kappa shape index (κ2) is 5.98. The molecule has 0 saturated heterocycles. The highest BCUT2D eigenvalue weighted by Gasteiger charge is 2.23. The van der Waals surface area contributed by atoms with Crippen molar-refractivity contribution in [3.8, 4) is 0 Å². The molecule has 1 aliphatic rings. The first-order valence-corrected chi connectivity index (χ1v) is 7.30. The molecule has 2 aromatic rings. The summed E-state index contributed by atoms with van der Waals surface area (Å²) in [5, 5.41) is 0. The minimum absolute atomic E-state index is 0.0651. The smallest absolute Gasteiger partial charge is 0.331 e. The van der Waals surface area contributed by atoms with Crippen LogP contribution in [-0.2, 0) is 16.0 Å². The molecule has 110 valence electrons. The van der Waals surface area contributed by atoms with E-state index >= 15 is 0 Å². The number of hydrogen-bond acceptors (Lipinski definition) is 3. The minimum atomic E-state index is -0.392. The Balaban J connectivity index is 2.24. The zero-order valence-corrected chi connectivity index (χ0v) is 12.3. The van der Waals surface area contributed by atoms with Crippen molar-refractivity contribution in [2.24, 2.45) is 0 Å². The number of fused-ring (bicyclic) bond motifs is 2. The van der Waals surface area contributed by atoms with Gasteiger partial charge < -0.3 is 4.74 Å². The molecule has 0 saturated carbocycles. The number of ketones is 1. The van der Waals surface area contributed by atoms with Crippen LogP contribution in [0.3, 0.4) is 0 Å². The highest BCUT2D eigenvalue weighted by molar-refractivity contribution is 6.08. The van der Waals surface area contributed by atoms with Crippen LogP contribution in [0.1, 0.15) is 34.0 Å². The van der Waals surface area contributed by atoms with Gasteiger partial charge in [-0.3, -0.25) is 4.79 Å². The molecule has 0 N–H and O–H groups in total. The molecule has 0 heterocycles. The second-order valence-corrected chi connectivity index (χ2v) is 5.11. The minimum Gasteiger partial charge on any atom is -0.463 e. The second-order valence-electron chi connectivity index (χ2n) is 5.11. The zero-order chi connectivity index (χ0) is 15.5. The van der Waals surface area contributed by atoms with Crippen LogP contribution < -0.4 is 0 Å². The van der Waals surface area contributed by atoms with E-state index in [9.17, 15) is 9.59 Å². The highest BCUT2D eigenvalue weighted by Crippen LogP contribution is 2.33. The maximum absolute atomic E-state index is 12.5. The van der Waals surface area contributed by atoms with Crippen LogP contribution in [0.25, 0.3) is 5.57 Å². The molecule has 0 unspecified atom stereocenters. The number of carbonyl (C=O) groups is 2. The molecule has 3 rings (SSSR count). The van der Waals surface area contributed by atoms with Crippen molar-refractivity contribution in [1.82, 2.24) is 0 Å². The van der Waals surface area contributed by atoms with Gasteiger partial charge in [-0.1, -0.05) is 48.5 Å². The first-order valence-electron chi connectivity index (χ1n) is 7.30. The summed E-state index contributed by atoms with van der Waals surface area (Å²) in [5.41, 5.74) is 4.02. The summed E-state index contributed by atoms with van der Waals surface area (Å²) in [7, 11) is 0. The van der Waals surface area contributed by atoms with Gasteiger partial charge in [0.25, 0.3) is 0 Å². The monoisotopic (exact) mass is 292 g/mol. The van der Waals surface area contributed by atoms with Crippen LogP contribution in [0.15, 0.2) is 54.6 Å². The molecule has 0 amide bonds. The van der Waals surface area contributed by atoms with Gasteiger partial charge in [-0.15, -0.1) is 0 Å². The van der Waals surface area contributed by atoms with Crippen molar-refractivity contribution in [3.63, 3.8) is 0 Å². The Morgan fingerprint density at radius 1 is 1.05 bits per heavy atom. The van der Waals surface area contributed by atoms with Crippen molar-refractivity contribution in [2.45, 2.75) is 13.3 Å². The Morgan fingerprint density at radius 2 is 1.68 bits per heavy atom. The molecule has 0 fully saturated rings. The molecular weight excluding hydrogens is 276 g/mol. The van der Waals surface area contributed by atoms with Gasteiger partial charge in [-0.25, -0.2) is 4.79 Å². The molecule has 3 nitrogen and oxygen atoms in total. The first kappa shape index (κ1) is 14.3. The number of ether oxygens (including phenoxy) is 1. The average molecular weight is 292 g/mol. The van der Waals surface area contributed by atoms with Crippen LogP contribution in [0.4, 0.5) is 0 Å². The highest BCUT2D eigenvalue weighted by atomic mass is 16.5. The van der Waals surface area contributed by atoms with Gasteiger partial charge in [0, 0.05) is 18.1 Å². The van der Waals surface area contributed by atoms with Crippen molar-refractivity contribution in [1.29, 1.82) is 0 Å². The third kappa shape index (κ3) is 2.58. The summed E-state index contributed by atoms with van der Waals surface area (Å²) in [5.74, 6) is -0.327. The Bertz CT molecular complexity index is 772. The summed E-state index contributed by atoms with van der Waals surface area (Å²) >= 11 is 0. The largest absolute Gasteiger partial charge is 0.463 e. The fraction of sp³-hybridized carbons (Fsp3) is 0.158. The summed E-state index contributed by atoms with van der Waals surface area (Å²) in [4.78, 5) is 24.4. The normalized spacial score (nSPS) is 15.0. The molecule has 22 heavy (non-hydrogen) atoms. The molecule has 2 aromatic carbocycles. The molecule has 3 heteroatoms. The molecule has 1 aliphatic carbocycles. The fourth-order valence-corrected chi connectivity index (χ4v) is 2.77. The van der Waals surface area contributed by atoms with Gasteiger partial charge in [0.2, 0.25) is 0 Å². The molecule has 0 aliphatic heterocycles. The molecular formula is C19H16O3. The van der Waals surface area contributed by atoms with E-state index < -0.39 is 5.97 Å². The predicted molar refractivity (Wildman–Crippen MR) is 84.6 cm³/mol. The van der Waals surface area contributed by atoms with Crippen LogP contribution in [0.5, 0.6) is 0 Å². The number of rotatable bonds is 2. The maximum atomic E-state index is 12.5. The van der Waals surface area contributed by atoms with Crippen LogP contribution in [-0.4, -0.2) is 18.4 Å². The summed E-state index contributed by atoms with van der Waals surface area (Å²) in [6.45, 7) is 2.10. The number of carbonyl (C=O) groups excluding carboxylic acids is 2. The Hall–Kier alpha value is -2.68. The van der Waals surface area contributed by atoms with Crippen LogP contribution >= 0.6 is 0 Å². The van der Waals surface area contributed by atoms with E-state index in [2.05, 4.69) is 0 Å². The standard InChI is InChI=1S/C19H16O3/c1-2-22-19(21)12-17-14-8-4-3-7-13(14)11-18(20)16-10-6-5-9-15(16)17/h3-10,12H,2,11H2,1H3. The van der Waals surface area contributed by atoms with E-state index in [4.69, 9.17) is 4.74 Å². The van der Waals surface area contributed by atoms with E-state index in [1.165, 1.54) is 6.08 Å². The number of Topliss-reactive ketones (excluding diaryl/α,β-unsaturated/α-hetero) is 1. The van der Waals surface area contributed by atoms with E-state index in [-0.39, 0.29) is 5.78 Å². The SMILES string of the molecule is CCOC(=O)C=C1c2ccccc2CC(=O)c2ccccc21. The fourth-order valence-electron chi connectivity index (χ4n) is 2.77. The van der Waals surface area contributed by atoms with Crippen molar-refractivity contribution in [3.05, 3.63) is 76.9 Å². The Morgan fingerprint density at radius 3 is 2.41 bits per heavy atom. The summed E-state index contributed by atoms with van der Waals surface area (Å²) < 4.78 is 5.04. The van der Waals surface area contributed by atoms with Crippen molar-refractivity contribution >= 4 is 17.3 Å². The number of benzene rings is 2. The van der Waals surface area contributed by atoms with Gasteiger partial charge in [-0.05, 0) is 29.2 Å². The summed E-state index contributed by atoms with van der Waals surface area (Å²) in [6, 6.07) is 15.1. The lowest BCUT2D eigenvalue weighted by atomic mass is 9.94. The third-order valence-electron chi connectivity index (χ3n) is 3.72. The van der Waals surface area contributed by atoms with E-state index in [1.54, 1.807) is 6.92 Å². The molecule has 0 radical (unpaired) electrons. The van der Waals surface area contributed by atoms with Gasteiger partial charge in [0.1, 0.15) is 0 Å². The first-order chi connectivity index (χ1) is 10.7. The topological polar surface area (TPSA) is 43.4 Å². The van der Waals surface area contributed by atoms with Crippen LogP contribution in [0.2, 0.25) is 0 Å². The zero-order valence-electron chi connectivity index (χ0n) is 12.3. The Kier molecular flexibility index (Phi) is 3.88. The van der Waals surface area contributed by atoms with Gasteiger partial charge in [-0.2, -0.15) is 0 Å². The lowest BCUT2D eigenvalue weighted by molar-refractivity contribution is -0.137. The lowest BCUT2D eigenvalue weighted by Gasteiger charge is -2.10. The average Bonchev–Trinajstić information content (AvgIpc) is 2.64. The molecule has 0 bridgehead atoms. The van der Waals surface area contributed by atoms with Crippen LogP contribution in [0, 0.1) is 0 Å². The maximum Gasteiger partial charge on any atom is 0.331 e. The van der Waals surface area contributed by atoms with Crippen molar-refractivity contribution in [2.75, 3.05) is 6.61 Å². The summed E-state index contributed by atoms with van der Waals surface area (Å²) in [6.07, 6.45) is 1.83. The Labute approximate surface area is 129 Å².